The van der Waals surface area contributed by atoms with Crippen molar-refractivity contribution in [2.75, 3.05) is 18.9 Å². The van der Waals surface area contributed by atoms with Crippen molar-refractivity contribution >= 4 is 5.95 Å². The van der Waals surface area contributed by atoms with E-state index < -0.39 is 0 Å². The highest BCUT2D eigenvalue weighted by molar-refractivity contribution is 5.27. The topological polar surface area (TPSA) is 33.1 Å². The quantitative estimate of drug-likeness (QED) is 0.741. The Bertz CT molecular complexity index is 393. The zero-order valence-electron chi connectivity index (χ0n) is 14.0. The molecule has 1 fully saturated rings. The van der Waals surface area contributed by atoms with E-state index in [1.54, 1.807) is 0 Å². The molecule has 1 aromatic heterocycles. The van der Waals surface area contributed by atoms with Crippen molar-refractivity contribution in [2.24, 2.45) is 0 Å². The third kappa shape index (κ3) is 5.34. The van der Waals surface area contributed by atoms with Gasteiger partial charge in [-0.05, 0) is 53.1 Å². The van der Waals surface area contributed by atoms with Crippen LogP contribution in [0.2, 0.25) is 0 Å². The first-order valence-corrected chi connectivity index (χ1v) is 8.64. The van der Waals surface area contributed by atoms with Gasteiger partial charge in [0.05, 0.1) is 0 Å². The monoisotopic (exact) mass is 292 g/mol. The summed E-state index contributed by atoms with van der Waals surface area (Å²) in [5, 5.41) is 3.64. The van der Waals surface area contributed by atoms with E-state index in [0.29, 0.717) is 12.1 Å². The first-order valence-electron chi connectivity index (χ1n) is 8.64. The van der Waals surface area contributed by atoms with Gasteiger partial charge in [-0.1, -0.05) is 19.3 Å². The van der Waals surface area contributed by atoms with Crippen molar-refractivity contribution in [2.45, 2.75) is 77.4 Å². The van der Waals surface area contributed by atoms with Crippen LogP contribution in [0.3, 0.4) is 0 Å². The number of hydrogen-bond acceptors (Lipinski definition) is 3. The van der Waals surface area contributed by atoms with Crippen LogP contribution in [-0.4, -0.2) is 40.1 Å². The van der Waals surface area contributed by atoms with Crippen LogP contribution in [0.15, 0.2) is 12.4 Å². The molecule has 1 aliphatic carbocycles. The van der Waals surface area contributed by atoms with Crippen LogP contribution in [0.25, 0.3) is 0 Å². The van der Waals surface area contributed by atoms with Gasteiger partial charge in [-0.2, -0.15) is 0 Å². The maximum Gasteiger partial charge on any atom is 0.202 e. The molecule has 0 radical (unpaired) electrons. The zero-order valence-corrected chi connectivity index (χ0v) is 14.0. The average molecular weight is 292 g/mol. The first-order chi connectivity index (χ1) is 10.2. The molecule has 0 bridgehead atoms. The smallest absolute Gasteiger partial charge is 0.202 e. The molecule has 0 atom stereocenters. The zero-order chi connectivity index (χ0) is 15.1. The molecule has 0 amide bonds. The van der Waals surface area contributed by atoms with Crippen LogP contribution in [0.1, 0.15) is 58.8 Å². The molecule has 0 unspecified atom stereocenters. The van der Waals surface area contributed by atoms with E-state index in [0.717, 1.165) is 12.5 Å². The van der Waals surface area contributed by atoms with Gasteiger partial charge in [-0.25, -0.2) is 4.98 Å². The molecule has 0 saturated heterocycles. The van der Waals surface area contributed by atoms with Crippen molar-refractivity contribution in [3.05, 3.63) is 12.4 Å². The Labute approximate surface area is 129 Å². The van der Waals surface area contributed by atoms with Crippen LogP contribution in [0.4, 0.5) is 5.95 Å². The molecule has 1 aliphatic rings. The van der Waals surface area contributed by atoms with Crippen molar-refractivity contribution in [1.82, 2.24) is 14.5 Å². The van der Waals surface area contributed by atoms with Crippen molar-refractivity contribution in [1.29, 1.82) is 0 Å². The van der Waals surface area contributed by atoms with Crippen molar-refractivity contribution < 1.29 is 0 Å². The van der Waals surface area contributed by atoms with Gasteiger partial charge < -0.3 is 14.8 Å². The van der Waals surface area contributed by atoms with Gasteiger partial charge >= 0.3 is 0 Å². The molecule has 1 N–H and O–H groups in total. The Morgan fingerprint density at radius 3 is 2.76 bits per heavy atom. The van der Waals surface area contributed by atoms with Crippen molar-refractivity contribution in [3.8, 4) is 0 Å². The lowest BCUT2D eigenvalue weighted by molar-refractivity contribution is 0.266. The number of imidazole rings is 1. The number of anilines is 1. The highest BCUT2D eigenvalue weighted by Crippen LogP contribution is 2.21. The molecule has 0 spiro atoms. The van der Waals surface area contributed by atoms with E-state index in [2.05, 4.69) is 46.9 Å². The van der Waals surface area contributed by atoms with E-state index in [9.17, 15) is 0 Å². The third-order valence-corrected chi connectivity index (χ3v) is 4.70. The number of hydrogen-bond donors (Lipinski definition) is 1. The SMILES string of the molecule is CC(C)N(C)CCCCn1ccnc1NC1CCCCC1. The van der Waals surface area contributed by atoms with Crippen LogP contribution < -0.4 is 5.32 Å². The van der Waals surface area contributed by atoms with Gasteiger partial charge in [0.25, 0.3) is 0 Å². The second-order valence-electron chi connectivity index (χ2n) is 6.70. The van der Waals surface area contributed by atoms with Crippen molar-refractivity contribution in [3.63, 3.8) is 0 Å². The van der Waals surface area contributed by atoms with Crippen LogP contribution in [0.5, 0.6) is 0 Å². The van der Waals surface area contributed by atoms with E-state index >= 15 is 0 Å². The molecule has 4 nitrogen and oxygen atoms in total. The third-order valence-electron chi connectivity index (χ3n) is 4.70. The molecule has 1 aromatic rings. The van der Waals surface area contributed by atoms with Gasteiger partial charge in [0.2, 0.25) is 5.95 Å². The summed E-state index contributed by atoms with van der Waals surface area (Å²) in [6.07, 6.45) is 13.2. The Morgan fingerprint density at radius 1 is 1.29 bits per heavy atom. The number of aromatic nitrogens is 2. The maximum absolute atomic E-state index is 4.49. The summed E-state index contributed by atoms with van der Waals surface area (Å²) in [4.78, 5) is 6.91. The summed E-state index contributed by atoms with van der Waals surface area (Å²) >= 11 is 0. The van der Waals surface area contributed by atoms with Gasteiger partial charge in [-0.3, -0.25) is 0 Å². The van der Waals surface area contributed by atoms with E-state index in [1.165, 1.54) is 51.5 Å². The van der Waals surface area contributed by atoms with Gasteiger partial charge in [0, 0.05) is 31.0 Å². The molecule has 120 valence electrons. The molecule has 2 rings (SSSR count). The Balaban J connectivity index is 1.72. The molecular weight excluding hydrogens is 260 g/mol. The van der Waals surface area contributed by atoms with Crippen LogP contribution in [-0.2, 0) is 6.54 Å². The van der Waals surface area contributed by atoms with Crippen LogP contribution in [0, 0.1) is 0 Å². The summed E-state index contributed by atoms with van der Waals surface area (Å²) in [5.74, 6) is 1.07. The minimum absolute atomic E-state index is 0.631. The second-order valence-corrected chi connectivity index (χ2v) is 6.70. The lowest BCUT2D eigenvalue weighted by Gasteiger charge is -2.24. The number of aryl methyl sites for hydroxylation is 1. The first kappa shape index (κ1) is 16.3. The Morgan fingerprint density at radius 2 is 2.05 bits per heavy atom. The minimum Gasteiger partial charge on any atom is -0.353 e. The summed E-state index contributed by atoms with van der Waals surface area (Å²) in [5.41, 5.74) is 0. The summed E-state index contributed by atoms with van der Waals surface area (Å²) in [6, 6.07) is 1.27. The van der Waals surface area contributed by atoms with Gasteiger partial charge in [-0.15, -0.1) is 0 Å². The standard InChI is InChI=1S/C17H32N4/c1-15(2)20(3)12-7-8-13-21-14-11-18-17(21)19-16-9-5-4-6-10-16/h11,14-16H,4-10,12-13H2,1-3H3,(H,18,19). The van der Waals surface area contributed by atoms with Gasteiger partial charge in [0.1, 0.15) is 0 Å². The Hall–Kier alpha value is -1.03. The second kappa shape index (κ2) is 8.42. The normalized spacial score (nSPS) is 16.8. The van der Waals surface area contributed by atoms with Crippen LogP contribution >= 0.6 is 0 Å². The lowest BCUT2D eigenvalue weighted by atomic mass is 9.96. The summed E-state index contributed by atoms with van der Waals surface area (Å²) in [7, 11) is 2.21. The molecule has 1 saturated carbocycles. The fraction of sp³-hybridized carbons (Fsp3) is 0.824. The minimum atomic E-state index is 0.631. The molecule has 21 heavy (non-hydrogen) atoms. The highest BCUT2D eigenvalue weighted by Gasteiger charge is 2.15. The fourth-order valence-corrected chi connectivity index (χ4v) is 2.96. The predicted molar refractivity (Wildman–Crippen MR) is 89.7 cm³/mol. The number of nitrogens with zero attached hydrogens (tertiary/aromatic N) is 3. The van der Waals surface area contributed by atoms with E-state index in [1.807, 2.05) is 6.20 Å². The molecule has 1 heterocycles. The maximum atomic E-state index is 4.49. The van der Waals surface area contributed by atoms with E-state index in [4.69, 9.17) is 0 Å². The average Bonchev–Trinajstić information content (AvgIpc) is 2.91. The summed E-state index contributed by atoms with van der Waals surface area (Å²) in [6.45, 7) is 6.75. The molecule has 4 heteroatoms. The fourth-order valence-electron chi connectivity index (χ4n) is 2.96. The lowest BCUT2D eigenvalue weighted by Crippen LogP contribution is -2.27. The highest BCUT2D eigenvalue weighted by atomic mass is 15.2. The van der Waals surface area contributed by atoms with Gasteiger partial charge in [0.15, 0.2) is 0 Å². The number of rotatable bonds is 8. The summed E-state index contributed by atoms with van der Waals surface area (Å²) < 4.78 is 2.28. The number of unbranched alkanes of at least 4 members (excludes halogenated alkanes) is 1. The number of nitrogens with one attached hydrogen (secondary N) is 1. The molecular formula is C17H32N4. The Kier molecular flexibility index (Phi) is 6.55. The molecule has 0 aromatic carbocycles. The molecule has 0 aliphatic heterocycles. The van der Waals surface area contributed by atoms with E-state index in [-0.39, 0.29) is 0 Å². The largest absolute Gasteiger partial charge is 0.353 e. The predicted octanol–water partition coefficient (Wildman–Crippen LogP) is 3.75.